The molecule has 0 spiro atoms. The van der Waals surface area contributed by atoms with E-state index in [1.54, 1.807) is 7.05 Å². The minimum Gasteiger partial charge on any atom is -0.486 e. The number of carbonyl (C=O) groups excluding carboxylic acids is 1. The number of ether oxygens (including phenoxy) is 1. The summed E-state index contributed by atoms with van der Waals surface area (Å²) in [5.41, 5.74) is 2.07. The number of likely N-dealkylation sites (N-methyl/N-ethyl adjacent to an activating group) is 1. The number of rotatable bonds is 7. The van der Waals surface area contributed by atoms with Crippen LogP contribution in [0.5, 0.6) is 5.75 Å². The maximum Gasteiger partial charge on any atom is 0.228 e. The van der Waals surface area contributed by atoms with Crippen molar-refractivity contribution in [3.05, 3.63) is 81.3 Å². The number of amides is 1. The first-order chi connectivity index (χ1) is 13.4. The van der Waals surface area contributed by atoms with Crippen molar-refractivity contribution in [1.29, 1.82) is 0 Å². The maximum absolute atomic E-state index is 13.7. The first-order valence-electron chi connectivity index (χ1n) is 8.71. The third-order valence-electron chi connectivity index (χ3n) is 4.16. The summed E-state index contributed by atoms with van der Waals surface area (Å²) in [6, 6.07) is 11.1. The van der Waals surface area contributed by atoms with Crippen molar-refractivity contribution >= 4 is 17.2 Å². The van der Waals surface area contributed by atoms with Gasteiger partial charge in [-0.15, -0.1) is 11.3 Å². The minimum atomic E-state index is -0.663. The van der Waals surface area contributed by atoms with Crippen LogP contribution in [0.4, 0.5) is 8.78 Å². The van der Waals surface area contributed by atoms with Gasteiger partial charge in [0.2, 0.25) is 5.91 Å². The Balaban J connectivity index is 1.53. The maximum atomic E-state index is 13.7. The topological polar surface area (TPSA) is 42.4 Å². The highest BCUT2D eigenvalue weighted by atomic mass is 32.1. The van der Waals surface area contributed by atoms with Gasteiger partial charge in [0.05, 0.1) is 12.1 Å². The van der Waals surface area contributed by atoms with E-state index >= 15 is 0 Å². The Hall–Kier alpha value is -2.80. The van der Waals surface area contributed by atoms with Crippen LogP contribution < -0.4 is 4.74 Å². The van der Waals surface area contributed by atoms with Gasteiger partial charge >= 0.3 is 0 Å². The number of aryl methyl sites for hydroxylation is 1. The highest BCUT2D eigenvalue weighted by Gasteiger charge is 2.15. The minimum absolute atomic E-state index is 0.0679. The second-order valence-corrected chi connectivity index (χ2v) is 7.44. The Kier molecular flexibility index (Phi) is 6.36. The standard InChI is InChI=1S/C21H20F2N2O2S/c1-14-3-7-18(8-4-14)27-12-20-24-17(13-28-20)10-21(26)25(2)11-15-5-6-16(22)9-19(15)23/h3-9,13H,10-12H2,1-2H3. The molecule has 2 aromatic carbocycles. The Morgan fingerprint density at radius 2 is 1.93 bits per heavy atom. The van der Waals surface area contributed by atoms with Gasteiger partial charge in [-0.25, -0.2) is 13.8 Å². The van der Waals surface area contributed by atoms with Crippen LogP contribution in [0.25, 0.3) is 0 Å². The van der Waals surface area contributed by atoms with E-state index in [0.717, 1.165) is 22.4 Å². The highest BCUT2D eigenvalue weighted by molar-refractivity contribution is 7.09. The molecule has 0 fully saturated rings. The summed E-state index contributed by atoms with van der Waals surface area (Å²) in [4.78, 5) is 18.2. The van der Waals surface area contributed by atoms with Crippen LogP contribution >= 0.6 is 11.3 Å². The van der Waals surface area contributed by atoms with Crippen LogP contribution in [0.2, 0.25) is 0 Å². The zero-order valence-electron chi connectivity index (χ0n) is 15.6. The molecular formula is C21H20F2N2O2S. The molecule has 0 atom stereocenters. The molecule has 4 nitrogen and oxygen atoms in total. The van der Waals surface area contributed by atoms with Gasteiger partial charge in [-0.05, 0) is 25.1 Å². The van der Waals surface area contributed by atoms with E-state index in [1.807, 2.05) is 36.6 Å². The molecule has 0 N–H and O–H groups in total. The summed E-state index contributed by atoms with van der Waals surface area (Å²) < 4.78 is 32.4. The second kappa shape index (κ2) is 8.93. The van der Waals surface area contributed by atoms with Gasteiger partial charge in [-0.2, -0.15) is 0 Å². The van der Waals surface area contributed by atoms with Gasteiger partial charge in [-0.1, -0.05) is 23.8 Å². The molecule has 0 aliphatic carbocycles. The normalized spacial score (nSPS) is 10.7. The zero-order chi connectivity index (χ0) is 20.1. The Bertz CT molecular complexity index is 957. The van der Waals surface area contributed by atoms with Gasteiger partial charge in [0, 0.05) is 30.6 Å². The van der Waals surface area contributed by atoms with Crippen LogP contribution in [0.15, 0.2) is 47.8 Å². The molecule has 28 heavy (non-hydrogen) atoms. The predicted molar refractivity (Wildman–Crippen MR) is 104 cm³/mol. The fourth-order valence-electron chi connectivity index (χ4n) is 2.56. The quantitative estimate of drug-likeness (QED) is 0.584. The van der Waals surface area contributed by atoms with E-state index in [0.29, 0.717) is 12.3 Å². The van der Waals surface area contributed by atoms with Crippen molar-refractivity contribution in [3.63, 3.8) is 0 Å². The van der Waals surface area contributed by atoms with Gasteiger partial charge in [0.1, 0.15) is 29.0 Å². The SMILES string of the molecule is Cc1ccc(OCc2nc(CC(=O)N(C)Cc3ccc(F)cc3F)cs2)cc1. The predicted octanol–water partition coefficient (Wildman–Crippen LogP) is 4.51. The number of nitrogens with zero attached hydrogens (tertiary/aromatic N) is 2. The Morgan fingerprint density at radius 1 is 1.18 bits per heavy atom. The van der Waals surface area contributed by atoms with E-state index in [9.17, 15) is 13.6 Å². The molecule has 0 radical (unpaired) electrons. The second-order valence-electron chi connectivity index (χ2n) is 6.50. The fourth-order valence-corrected chi connectivity index (χ4v) is 3.26. The largest absolute Gasteiger partial charge is 0.486 e. The van der Waals surface area contributed by atoms with Crippen molar-refractivity contribution in [2.45, 2.75) is 26.5 Å². The first-order valence-corrected chi connectivity index (χ1v) is 9.59. The number of aromatic nitrogens is 1. The molecule has 0 saturated heterocycles. The number of hydrogen-bond donors (Lipinski definition) is 0. The summed E-state index contributed by atoms with van der Waals surface area (Å²) in [7, 11) is 1.58. The van der Waals surface area contributed by atoms with E-state index < -0.39 is 11.6 Å². The average molecular weight is 402 g/mol. The highest BCUT2D eigenvalue weighted by Crippen LogP contribution is 2.17. The van der Waals surface area contributed by atoms with Crippen LogP contribution in [0.3, 0.4) is 0 Å². The lowest BCUT2D eigenvalue weighted by Gasteiger charge is -2.17. The van der Waals surface area contributed by atoms with Crippen LogP contribution in [-0.2, 0) is 24.4 Å². The zero-order valence-corrected chi connectivity index (χ0v) is 16.4. The molecule has 1 heterocycles. The molecular weight excluding hydrogens is 382 g/mol. The summed E-state index contributed by atoms with van der Waals surface area (Å²) >= 11 is 1.43. The van der Waals surface area contributed by atoms with Crippen molar-refractivity contribution in [2.75, 3.05) is 7.05 Å². The summed E-state index contributed by atoms with van der Waals surface area (Å²) in [5, 5.41) is 2.59. The molecule has 0 aliphatic heterocycles. The van der Waals surface area contributed by atoms with Crippen molar-refractivity contribution in [1.82, 2.24) is 9.88 Å². The van der Waals surface area contributed by atoms with Gasteiger partial charge in [-0.3, -0.25) is 4.79 Å². The molecule has 3 aromatic rings. The summed E-state index contributed by atoms with van der Waals surface area (Å²) in [6.45, 7) is 2.41. The third-order valence-corrected chi connectivity index (χ3v) is 5.03. The van der Waals surface area contributed by atoms with E-state index in [1.165, 1.54) is 28.4 Å². The molecule has 0 bridgehead atoms. The number of thiazole rings is 1. The lowest BCUT2D eigenvalue weighted by Crippen LogP contribution is -2.28. The third kappa shape index (κ3) is 5.36. The molecule has 0 unspecified atom stereocenters. The monoisotopic (exact) mass is 402 g/mol. The molecule has 0 aliphatic rings. The van der Waals surface area contributed by atoms with E-state index in [-0.39, 0.29) is 24.4 Å². The van der Waals surface area contributed by atoms with Crippen LogP contribution in [0.1, 0.15) is 21.8 Å². The number of halogens is 2. The lowest BCUT2D eigenvalue weighted by atomic mass is 10.2. The van der Waals surface area contributed by atoms with Gasteiger partial charge in [0.25, 0.3) is 0 Å². The number of carbonyl (C=O) groups is 1. The fraction of sp³-hybridized carbons (Fsp3) is 0.238. The Labute approximate surface area is 166 Å². The molecule has 7 heteroatoms. The van der Waals surface area contributed by atoms with Crippen LogP contribution in [0, 0.1) is 18.6 Å². The van der Waals surface area contributed by atoms with Crippen molar-refractivity contribution in [3.8, 4) is 5.75 Å². The van der Waals surface area contributed by atoms with Crippen molar-refractivity contribution in [2.24, 2.45) is 0 Å². The molecule has 3 rings (SSSR count). The smallest absolute Gasteiger partial charge is 0.228 e. The molecule has 1 aromatic heterocycles. The van der Waals surface area contributed by atoms with E-state index in [2.05, 4.69) is 4.98 Å². The first kappa shape index (κ1) is 19.9. The molecule has 146 valence electrons. The number of benzene rings is 2. The number of hydrogen-bond acceptors (Lipinski definition) is 4. The Morgan fingerprint density at radius 3 is 2.64 bits per heavy atom. The summed E-state index contributed by atoms with van der Waals surface area (Å²) in [5.74, 6) is -0.735. The van der Waals surface area contributed by atoms with Crippen molar-refractivity contribution < 1.29 is 18.3 Å². The van der Waals surface area contributed by atoms with Gasteiger partial charge < -0.3 is 9.64 Å². The van der Waals surface area contributed by atoms with Gasteiger partial charge in [0.15, 0.2) is 0 Å². The molecule has 0 saturated carbocycles. The molecule has 1 amide bonds. The van der Waals surface area contributed by atoms with Crippen LogP contribution in [-0.4, -0.2) is 22.8 Å². The lowest BCUT2D eigenvalue weighted by molar-refractivity contribution is -0.129. The summed E-state index contributed by atoms with van der Waals surface area (Å²) in [6.07, 6.45) is 0.111. The average Bonchev–Trinajstić information content (AvgIpc) is 3.11. The van der Waals surface area contributed by atoms with E-state index in [4.69, 9.17) is 4.74 Å².